The molecule has 0 bridgehead atoms. The molecule has 0 atom stereocenters. The second-order valence-electron chi connectivity index (χ2n) is 7.56. The van der Waals surface area contributed by atoms with E-state index in [0.29, 0.717) is 29.8 Å². The average Bonchev–Trinajstić information content (AvgIpc) is 2.69. The molecule has 27 heavy (non-hydrogen) atoms. The first-order chi connectivity index (χ1) is 13.0. The Bertz CT molecular complexity index is 752. The lowest BCUT2D eigenvalue weighted by atomic mass is 10.0. The van der Waals surface area contributed by atoms with Gasteiger partial charge in [-0.05, 0) is 50.3 Å². The molecule has 1 aliphatic heterocycles. The summed E-state index contributed by atoms with van der Waals surface area (Å²) in [6.45, 7) is 3.05. The van der Waals surface area contributed by atoms with Crippen molar-refractivity contribution in [1.82, 2.24) is 4.31 Å². The second-order valence-corrected chi connectivity index (χ2v) is 10.8. The van der Waals surface area contributed by atoms with Gasteiger partial charge in [-0.25, -0.2) is 8.42 Å². The molecule has 1 N–H and O–H groups in total. The highest BCUT2D eigenvalue weighted by atomic mass is 32.2. The molecule has 2 aliphatic rings. The van der Waals surface area contributed by atoms with E-state index in [9.17, 15) is 13.2 Å². The fourth-order valence-electron chi connectivity index (χ4n) is 3.76. The van der Waals surface area contributed by atoms with Crippen LogP contribution in [0.25, 0.3) is 0 Å². The average molecular weight is 411 g/mol. The molecule has 1 saturated carbocycles. The molecular formula is C20H30N2O3S2. The molecule has 1 aromatic rings. The summed E-state index contributed by atoms with van der Waals surface area (Å²) in [5.74, 6) is 0.369. The summed E-state index contributed by atoms with van der Waals surface area (Å²) in [4.78, 5) is 12.6. The number of amides is 1. The largest absolute Gasteiger partial charge is 0.325 e. The van der Waals surface area contributed by atoms with Gasteiger partial charge >= 0.3 is 0 Å². The van der Waals surface area contributed by atoms with Crippen molar-refractivity contribution < 1.29 is 13.2 Å². The Morgan fingerprint density at radius 1 is 1.11 bits per heavy atom. The van der Waals surface area contributed by atoms with Crippen LogP contribution in [0.4, 0.5) is 5.69 Å². The minimum Gasteiger partial charge on any atom is -0.325 e. The van der Waals surface area contributed by atoms with E-state index in [1.807, 2.05) is 6.92 Å². The van der Waals surface area contributed by atoms with Crippen molar-refractivity contribution in [3.8, 4) is 0 Å². The van der Waals surface area contributed by atoms with Gasteiger partial charge < -0.3 is 5.32 Å². The van der Waals surface area contributed by atoms with E-state index < -0.39 is 10.0 Å². The predicted octanol–water partition coefficient (Wildman–Crippen LogP) is 4.17. The normalized spacial score (nSPS) is 19.7. The van der Waals surface area contributed by atoms with E-state index in [0.717, 1.165) is 24.8 Å². The van der Waals surface area contributed by atoms with E-state index in [1.165, 1.54) is 32.1 Å². The van der Waals surface area contributed by atoms with Crippen molar-refractivity contribution in [3.63, 3.8) is 0 Å². The van der Waals surface area contributed by atoms with Gasteiger partial charge in [0.15, 0.2) is 0 Å². The third kappa shape index (κ3) is 5.48. The van der Waals surface area contributed by atoms with Crippen molar-refractivity contribution in [2.45, 2.75) is 68.4 Å². The molecule has 0 radical (unpaired) electrons. The lowest BCUT2D eigenvalue weighted by Gasteiger charge is -2.26. The number of rotatable bonds is 6. The predicted molar refractivity (Wildman–Crippen MR) is 112 cm³/mol. The highest BCUT2D eigenvalue weighted by molar-refractivity contribution is 8.00. The Labute approximate surface area is 167 Å². The van der Waals surface area contributed by atoms with E-state index >= 15 is 0 Å². The van der Waals surface area contributed by atoms with Crippen LogP contribution in [0.2, 0.25) is 0 Å². The summed E-state index contributed by atoms with van der Waals surface area (Å²) in [5, 5.41) is 3.50. The molecule has 1 saturated heterocycles. The van der Waals surface area contributed by atoms with Gasteiger partial charge in [0.05, 0.1) is 10.6 Å². The maximum Gasteiger partial charge on any atom is 0.243 e. The maximum absolute atomic E-state index is 12.9. The molecular weight excluding hydrogens is 380 g/mol. The van der Waals surface area contributed by atoms with Crippen molar-refractivity contribution in [2.75, 3.05) is 24.2 Å². The number of carbonyl (C=O) groups excluding carboxylic acids is 1. The molecule has 5 nitrogen and oxygen atoms in total. The zero-order valence-electron chi connectivity index (χ0n) is 16.1. The van der Waals surface area contributed by atoms with Crippen LogP contribution in [-0.4, -0.2) is 42.7 Å². The van der Waals surface area contributed by atoms with Crippen LogP contribution in [0.3, 0.4) is 0 Å². The molecule has 0 aromatic heterocycles. The zero-order valence-corrected chi connectivity index (χ0v) is 17.7. The molecule has 0 unspecified atom stereocenters. The van der Waals surface area contributed by atoms with Gasteiger partial charge in [-0.1, -0.05) is 31.7 Å². The Balaban J connectivity index is 1.64. The summed E-state index contributed by atoms with van der Waals surface area (Å²) in [5.41, 5.74) is 1.48. The molecule has 150 valence electrons. The van der Waals surface area contributed by atoms with E-state index in [4.69, 9.17) is 0 Å². The SMILES string of the molecule is Cc1ccc(S(=O)(=O)N2CCCCC2)cc1NC(=O)CSC1CCCCC1. The number of nitrogens with one attached hydrogen (secondary N) is 1. The van der Waals surface area contributed by atoms with Crippen LogP contribution < -0.4 is 5.32 Å². The van der Waals surface area contributed by atoms with Gasteiger partial charge in [0.25, 0.3) is 0 Å². The number of hydrogen-bond acceptors (Lipinski definition) is 4. The van der Waals surface area contributed by atoms with Gasteiger partial charge in [0.1, 0.15) is 0 Å². The molecule has 1 heterocycles. The Hall–Kier alpha value is -1.05. The highest BCUT2D eigenvalue weighted by Gasteiger charge is 2.26. The number of carbonyl (C=O) groups is 1. The summed E-state index contributed by atoms with van der Waals surface area (Å²) < 4.78 is 27.3. The first-order valence-corrected chi connectivity index (χ1v) is 12.5. The lowest BCUT2D eigenvalue weighted by molar-refractivity contribution is -0.113. The highest BCUT2D eigenvalue weighted by Crippen LogP contribution is 2.29. The molecule has 1 amide bonds. The van der Waals surface area contributed by atoms with Crippen LogP contribution in [0.15, 0.2) is 23.1 Å². The lowest BCUT2D eigenvalue weighted by Crippen LogP contribution is -2.35. The van der Waals surface area contributed by atoms with Crippen molar-refractivity contribution in [3.05, 3.63) is 23.8 Å². The van der Waals surface area contributed by atoms with E-state index in [-0.39, 0.29) is 10.8 Å². The number of thioether (sulfide) groups is 1. The monoisotopic (exact) mass is 410 g/mol. The van der Waals surface area contributed by atoms with Gasteiger partial charge in [0, 0.05) is 24.0 Å². The molecule has 0 spiro atoms. The van der Waals surface area contributed by atoms with Crippen LogP contribution in [-0.2, 0) is 14.8 Å². The van der Waals surface area contributed by atoms with Crippen LogP contribution in [0.1, 0.15) is 56.9 Å². The molecule has 7 heteroatoms. The van der Waals surface area contributed by atoms with Crippen LogP contribution >= 0.6 is 11.8 Å². The smallest absolute Gasteiger partial charge is 0.243 e. The van der Waals surface area contributed by atoms with Gasteiger partial charge in [0.2, 0.25) is 15.9 Å². The molecule has 3 rings (SSSR count). The first-order valence-electron chi connectivity index (χ1n) is 9.99. The summed E-state index contributed by atoms with van der Waals surface area (Å²) in [6, 6.07) is 5.04. The standard InChI is InChI=1S/C20H30N2O3S2/c1-16-10-11-18(27(24,25)22-12-6-3-7-13-22)14-19(16)21-20(23)15-26-17-8-4-2-5-9-17/h10-11,14,17H,2-9,12-13,15H2,1H3,(H,21,23). The summed E-state index contributed by atoms with van der Waals surface area (Å²) in [6.07, 6.45) is 9.12. The Morgan fingerprint density at radius 2 is 1.78 bits per heavy atom. The van der Waals surface area contributed by atoms with Crippen molar-refractivity contribution in [2.24, 2.45) is 0 Å². The third-order valence-corrected chi connectivity index (χ3v) is 8.70. The minimum atomic E-state index is -3.49. The molecule has 1 aliphatic carbocycles. The van der Waals surface area contributed by atoms with Gasteiger partial charge in [-0.2, -0.15) is 4.31 Å². The number of piperidine rings is 1. The van der Waals surface area contributed by atoms with E-state index in [1.54, 1.807) is 34.3 Å². The fraction of sp³-hybridized carbons (Fsp3) is 0.650. The fourth-order valence-corrected chi connectivity index (χ4v) is 6.43. The number of sulfonamides is 1. The zero-order chi connectivity index (χ0) is 19.3. The van der Waals surface area contributed by atoms with Gasteiger partial charge in [-0.15, -0.1) is 11.8 Å². The van der Waals surface area contributed by atoms with Crippen molar-refractivity contribution in [1.29, 1.82) is 0 Å². The van der Waals surface area contributed by atoms with E-state index in [2.05, 4.69) is 5.32 Å². The number of anilines is 1. The summed E-state index contributed by atoms with van der Waals surface area (Å²) >= 11 is 1.72. The third-order valence-electron chi connectivity index (χ3n) is 5.44. The second kappa shape index (κ2) is 9.43. The summed E-state index contributed by atoms with van der Waals surface area (Å²) in [7, 11) is -3.49. The number of aryl methyl sites for hydroxylation is 1. The van der Waals surface area contributed by atoms with Crippen LogP contribution in [0.5, 0.6) is 0 Å². The van der Waals surface area contributed by atoms with Crippen LogP contribution in [0, 0.1) is 6.92 Å². The molecule has 1 aromatic carbocycles. The van der Waals surface area contributed by atoms with Gasteiger partial charge in [-0.3, -0.25) is 4.79 Å². The number of benzene rings is 1. The topological polar surface area (TPSA) is 66.5 Å². The minimum absolute atomic E-state index is 0.0545. The Morgan fingerprint density at radius 3 is 2.48 bits per heavy atom. The number of nitrogens with zero attached hydrogens (tertiary/aromatic N) is 1. The maximum atomic E-state index is 12.9. The Kier molecular flexibility index (Phi) is 7.22. The number of hydrogen-bond donors (Lipinski definition) is 1. The molecule has 2 fully saturated rings. The quantitative estimate of drug-likeness (QED) is 0.764. The first kappa shape index (κ1) is 20.7. The van der Waals surface area contributed by atoms with Crippen molar-refractivity contribution >= 4 is 33.4 Å².